The molecule has 20 heavy (non-hydrogen) atoms. The van der Waals surface area contributed by atoms with E-state index in [1.807, 2.05) is 23.1 Å². The number of anilines is 1. The van der Waals surface area contributed by atoms with E-state index in [2.05, 4.69) is 29.5 Å². The van der Waals surface area contributed by atoms with Crippen LogP contribution in [0, 0.1) is 3.57 Å². The van der Waals surface area contributed by atoms with Crippen LogP contribution in [0.4, 0.5) is 5.69 Å². The quantitative estimate of drug-likeness (QED) is 0.514. The molecule has 1 heterocycles. The molecule has 2 rings (SSSR count). The molecule has 0 bridgehead atoms. The van der Waals surface area contributed by atoms with E-state index < -0.39 is 0 Å². The number of hydrogen-bond acceptors (Lipinski definition) is 2. The summed E-state index contributed by atoms with van der Waals surface area (Å²) in [5.74, 6) is 0.912. The van der Waals surface area contributed by atoms with Gasteiger partial charge in [-0.2, -0.15) is 0 Å². The van der Waals surface area contributed by atoms with Gasteiger partial charge < -0.3 is 9.64 Å². The van der Waals surface area contributed by atoms with Crippen molar-refractivity contribution in [1.82, 2.24) is 0 Å². The summed E-state index contributed by atoms with van der Waals surface area (Å²) in [6.07, 6.45) is 7.44. The van der Waals surface area contributed by atoms with Crippen molar-refractivity contribution >= 4 is 34.2 Å². The van der Waals surface area contributed by atoms with Crippen molar-refractivity contribution in [2.24, 2.45) is 0 Å². The van der Waals surface area contributed by atoms with E-state index in [0.717, 1.165) is 28.0 Å². The Morgan fingerprint density at radius 2 is 1.95 bits per heavy atom. The Bertz CT molecular complexity index is 462. The van der Waals surface area contributed by atoms with Crippen LogP contribution in [0.2, 0.25) is 0 Å². The molecule has 0 radical (unpaired) electrons. The molecular formula is C16H22INO2. The zero-order valence-corrected chi connectivity index (χ0v) is 14.2. The third kappa shape index (κ3) is 4.11. The molecule has 0 saturated heterocycles. The Hall–Kier alpha value is -0.780. The number of nitrogens with zero attached hydrogens (tertiary/aromatic N) is 1. The minimum atomic E-state index is 0.0762. The normalized spacial score (nSPS) is 14.1. The monoisotopic (exact) mass is 387 g/mol. The molecule has 1 amide bonds. The number of halogens is 1. The van der Waals surface area contributed by atoms with Crippen molar-refractivity contribution < 1.29 is 9.53 Å². The number of unbranched alkanes of at least 4 members (excludes halogenated alkanes) is 5. The molecule has 0 aromatic heterocycles. The van der Waals surface area contributed by atoms with E-state index in [4.69, 9.17) is 4.74 Å². The van der Waals surface area contributed by atoms with Gasteiger partial charge in [-0.25, -0.2) is 0 Å². The van der Waals surface area contributed by atoms with E-state index >= 15 is 0 Å². The zero-order valence-electron chi connectivity index (χ0n) is 12.0. The van der Waals surface area contributed by atoms with Gasteiger partial charge in [-0.05, 0) is 47.2 Å². The van der Waals surface area contributed by atoms with Crippen LogP contribution in [0.25, 0.3) is 0 Å². The van der Waals surface area contributed by atoms with Crippen LogP contribution in [0.1, 0.15) is 45.4 Å². The van der Waals surface area contributed by atoms with Crippen LogP contribution in [-0.2, 0) is 4.79 Å². The Morgan fingerprint density at radius 1 is 1.20 bits per heavy atom. The maximum Gasteiger partial charge on any atom is 0.265 e. The largest absolute Gasteiger partial charge is 0.482 e. The van der Waals surface area contributed by atoms with Crippen LogP contribution in [0.3, 0.4) is 0 Å². The third-order valence-corrected chi connectivity index (χ3v) is 4.27. The van der Waals surface area contributed by atoms with Gasteiger partial charge in [0.25, 0.3) is 5.91 Å². The van der Waals surface area contributed by atoms with E-state index in [-0.39, 0.29) is 12.5 Å². The Kier molecular flexibility index (Phi) is 6.13. The molecule has 1 aliphatic rings. The van der Waals surface area contributed by atoms with Crippen molar-refractivity contribution in [3.8, 4) is 5.75 Å². The molecule has 0 fully saturated rings. The molecule has 0 N–H and O–H groups in total. The topological polar surface area (TPSA) is 29.5 Å². The van der Waals surface area contributed by atoms with E-state index in [0.29, 0.717) is 0 Å². The maximum absolute atomic E-state index is 12.0. The van der Waals surface area contributed by atoms with Crippen LogP contribution >= 0.6 is 22.6 Å². The summed E-state index contributed by atoms with van der Waals surface area (Å²) in [5.41, 5.74) is 0.926. The Morgan fingerprint density at radius 3 is 2.75 bits per heavy atom. The van der Waals surface area contributed by atoms with Crippen molar-refractivity contribution in [3.05, 3.63) is 21.8 Å². The van der Waals surface area contributed by atoms with Crippen molar-refractivity contribution in [3.63, 3.8) is 0 Å². The minimum Gasteiger partial charge on any atom is -0.482 e. The lowest BCUT2D eigenvalue weighted by molar-refractivity contribution is -0.121. The highest BCUT2D eigenvalue weighted by atomic mass is 127. The van der Waals surface area contributed by atoms with Crippen LogP contribution in [-0.4, -0.2) is 19.1 Å². The highest BCUT2D eigenvalue weighted by Crippen LogP contribution is 2.33. The number of fused-ring (bicyclic) bond motifs is 1. The highest BCUT2D eigenvalue weighted by molar-refractivity contribution is 14.1. The average molecular weight is 387 g/mol. The van der Waals surface area contributed by atoms with Gasteiger partial charge in [-0.15, -0.1) is 0 Å². The molecule has 110 valence electrons. The SMILES string of the molecule is CCCCCCCCN1C(=O)COc2cc(I)ccc21. The summed E-state index contributed by atoms with van der Waals surface area (Å²) in [7, 11) is 0. The van der Waals surface area contributed by atoms with Gasteiger partial charge in [0.1, 0.15) is 5.75 Å². The number of carbonyl (C=O) groups is 1. The molecule has 4 heteroatoms. The molecule has 1 aromatic carbocycles. The first kappa shape index (κ1) is 15.6. The predicted octanol–water partition coefficient (Wildman–Crippen LogP) is 4.38. The summed E-state index contributed by atoms with van der Waals surface area (Å²) in [5, 5.41) is 0. The van der Waals surface area contributed by atoms with Gasteiger partial charge in [0.05, 0.1) is 5.69 Å². The summed E-state index contributed by atoms with van der Waals surface area (Å²) in [4.78, 5) is 13.9. The average Bonchev–Trinajstić information content (AvgIpc) is 2.44. The van der Waals surface area contributed by atoms with Gasteiger partial charge in [0.2, 0.25) is 0 Å². The summed E-state index contributed by atoms with van der Waals surface area (Å²) in [6.45, 7) is 3.20. The van der Waals surface area contributed by atoms with Crippen LogP contribution in [0.5, 0.6) is 5.75 Å². The van der Waals surface area contributed by atoms with Gasteiger partial charge >= 0.3 is 0 Å². The third-order valence-electron chi connectivity index (χ3n) is 3.60. The summed E-state index contributed by atoms with van der Waals surface area (Å²) >= 11 is 2.26. The molecule has 0 atom stereocenters. The molecule has 0 unspecified atom stereocenters. The van der Waals surface area contributed by atoms with Gasteiger partial charge in [0, 0.05) is 10.1 Å². The zero-order chi connectivity index (χ0) is 14.4. The first-order valence-electron chi connectivity index (χ1n) is 7.45. The smallest absolute Gasteiger partial charge is 0.265 e. The fourth-order valence-electron chi connectivity index (χ4n) is 2.47. The fourth-order valence-corrected chi connectivity index (χ4v) is 2.94. The molecule has 1 aromatic rings. The van der Waals surface area contributed by atoms with Gasteiger partial charge in [0.15, 0.2) is 6.61 Å². The minimum absolute atomic E-state index is 0.0762. The van der Waals surface area contributed by atoms with Crippen molar-refractivity contribution in [1.29, 1.82) is 0 Å². The van der Waals surface area contributed by atoms with E-state index in [9.17, 15) is 4.79 Å². The predicted molar refractivity (Wildman–Crippen MR) is 90.4 cm³/mol. The second kappa shape index (κ2) is 7.86. The summed E-state index contributed by atoms with van der Waals surface area (Å²) < 4.78 is 6.64. The second-order valence-electron chi connectivity index (χ2n) is 5.21. The number of benzene rings is 1. The molecular weight excluding hydrogens is 365 g/mol. The lowest BCUT2D eigenvalue weighted by Gasteiger charge is -2.29. The standard InChI is InChI=1S/C16H22INO2/c1-2-3-4-5-6-7-10-18-14-9-8-13(17)11-15(14)20-12-16(18)19/h8-9,11H,2-7,10,12H2,1H3. The van der Waals surface area contributed by atoms with Gasteiger partial charge in [-0.1, -0.05) is 39.0 Å². The van der Waals surface area contributed by atoms with Crippen molar-refractivity contribution in [2.75, 3.05) is 18.1 Å². The molecule has 0 aliphatic carbocycles. The first-order chi connectivity index (χ1) is 9.72. The van der Waals surface area contributed by atoms with Crippen LogP contribution in [0.15, 0.2) is 18.2 Å². The fraction of sp³-hybridized carbons (Fsp3) is 0.562. The lowest BCUT2D eigenvalue weighted by Crippen LogP contribution is -2.39. The Balaban J connectivity index is 1.89. The first-order valence-corrected chi connectivity index (χ1v) is 8.53. The molecule has 3 nitrogen and oxygen atoms in total. The van der Waals surface area contributed by atoms with Crippen LogP contribution < -0.4 is 9.64 Å². The molecule has 0 spiro atoms. The molecule has 0 saturated carbocycles. The molecule has 1 aliphatic heterocycles. The number of rotatable bonds is 7. The summed E-state index contributed by atoms with van der Waals surface area (Å²) in [6, 6.07) is 6.01. The van der Waals surface area contributed by atoms with Gasteiger partial charge in [-0.3, -0.25) is 4.79 Å². The lowest BCUT2D eigenvalue weighted by atomic mass is 10.1. The van der Waals surface area contributed by atoms with E-state index in [1.54, 1.807) is 0 Å². The Labute approximate surface area is 134 Å². The number of carbonyl (C=O) groups excluding carboxylic acids is 1. The maximum atomic E-state index is 12.0. The number of ether oxygens (including phenoxy) is 1. The van der Waals surface area contributed by atoms with E-state index in [1.165, 1.54) is 32.1 Å². The highest BCUT2D eigenvalue weighted by Gasteiger charge is 2.24. The number of amides is 1. The second-order valence-corrected chi connectivity index (χ2v) is 6.46. The van der Waals surface area contributed by atoms with Crippen molar-refractivity contribution in [2.45, 2.75) is 45.4 Å². The number of hydrogen-bond donors (Lipinski definition) is 0.